The fraction of sp³-hybridized carbons (Fsp3) is 0.231. The molecule has 0 atom stereocenters. The van der Waals surface area contributed by atoms with Gasteiger partial charge in [-0.2, -0.15) is 10.4 Å². The maximum atomic E-state index is 13.5. The summed E-state index contributed by atoms with van der Waals surface area (Å²) < 4.78 is 40.2. The number of hydrogen-bond donors (Lipinski definition) is 2. The number of hydrogen-bond acceptors (Lipinski definition) is 4. The number of sulfonamides is 1. The van der Waals surface area contributed by atoms with Crippen molar-refractivity contribution >= 4 is 15.8 Å². The first-order chi connectivity index (χ1) is 9.85. The Labute approximate surface area is 121 Å². The van der Waals surface area contributed by atoms with Crippen molar-refractivity contribution in [3.63, 3.8) is 0 Å². The van der Waals surface area contributed by atoms with Gasteiger partial charge in [-0.15, -0.1) is 0 Å². The molecule has 2 N–H and O–H groups in total. The van der Waals surface area contributed by atoms with E-state index in [2.05, 4.69) is 14.9 Å². The van der Waals surface area contributed by atoms with Crippen LogP contribution in [0.4, 0.5) is 10.2 Å². The minimum Gasteiger partial charge on any atom is -0.280 e. The number of aromatic nitrogens is 2. The third-order valence-electron chi connectivity index (χ3n) is 2.84. The molecule has 2 aromatic rings. The smallest absolute Gasteiger partial charge is 0.264 e. The lowest BCUT2D eigenvalue weighted by atomic mass is 10.1. The SMILES string of the molecule is CC(C)c1cc(NS(=O)(=O)c2cccc(F)c2C#N)n[nH]1. The van der Waals surface area contributed by atoms with Crippen LogP contribution in [-0.4, -0.2) is 18.6 Å². The molecule has 8 heteroatoms. The van der Waals surface area contributed by atoms with E-state index in [1.807, 2.05) is 13.8 Å². The number of nitriles is 1. The van der Waals surface area contributed by atoms with Gasteiger partial charge in [-0.1, -0.05) is 19.9 Å². The second-order valence-corrected chi connectivity index (χ2v) is 6.34. The van der Waals surface area contributed by atoms with Crippen molar-refractivity contribution in [1.29, 1.82) is 5.26 Å². The van der Waals surface area contributed by atoms with Gasteiger partial charge in [-0.05, 0) is 18.1 Å². The third kappa shape index (κ3) is 3.03. The standard InChI is InChI=1S/C13H13FN4O2S/c1-8(2)11-6-13(17-16-11)18-21(19,20)12-5-3-4-10(14)9(12)7-15/h3-6,8H,1-2H3,(H2,16,17,18). The van der Waals surface area contributed by atoms with Gasteiger partial charge < -0.3 is 0 Å². The molecule has 1 aromatic carbocycles. The van der Waals surface area contributed by atoms with E-state index in [0.29, 0.717) is 0 Å². The van der Waals surface area contributed by atoms with E-state index in [4.69, 9.17) is 5.26 Å². The molecule has 0 bridgehead atoms. The molecule has 0 spiro atoms. The highest BCUT2D eigenvalue weighted by atomic mass is 32.2. The van der Waals surface area contributed by atoms with Crippen molar-refractivity contribution in [2.75, 3.05) is 4.72 Å². The number of aromatic amines is 1. The molecule has 2 rings (SSSR count). The van der Waals surface area contributed by atoms with Gasteiger partial charge in [-0.3, -0.25) is 9.82 Å². The predicted octanol–water partition coefficient (Wildman–Crippen LogP) is 2.34. The van der Waals surface area contributed by atoms with Crippen LogP contribution >= 0.6 is 0 Å². The fourth-order valence-corrected chi connectivity index (χ4v) is 2.87. The van der Waals surface area contributed by atoms with Crippen molar-refractivity contribution in [3.05, 3.63) is 41.3 Å². The normalized spacial score (nSPS) is 11.4. The molecule has 6 nitrogen and oxygen atoms in total. The summed E-state index contributed by atoms with van der Waals surface area (Å²) in [6, 6.07) is 6.53. The summed E-state index contributed by atoms with van der Waals surface area (Å²) in [6.45, 7) is 3.85. The van der Waals surface area contributed by atoms with Gasteiger partial charge in [0.1, 0.15) is 22.3 Å². The predicted molar refractivity (Wildman–Crippen MR) is 74.6 cm³/mol. The van der Waals surface area contributed by atoms with E-state index in [0.717, 1.165) is 11.8 Å². The summed E-state index contributed by atoms with van der Waals surface area (Å²) in [4.78, 5) is -0.418. The molecule has 21 heavy (non-hydrogen) atoms. The average Bonchev–Trinajstić information content (AvgIpc) is 2.86. The highest BCUT2D eigenvalue weighted by Gasteiger charge is 2.22. The Bertz CT molecular complexity index is 806. The van der Waals surface area contributed by atoms with Crippen LogP contribution in [0, 0.1) is 17.1 Å². The molecule has 0 saturated heterocycles. The summed E-state index contributed by atoms with van der Waals surface area (Å²) in [5, 5.41) is 15.4. The molecule has 0 aliphatic heterocycles. The summed E-state index contributed by atoms with van der Waals surface area (Å²) in [6.07, 6.45) is 0. The number of anilines is 1. The van der Waals surface area contributed by atoms with Gasteiger partial charge >= 0.3 is 0 Å². The van der Waals surface area contributed by atoms with Crippen LogP contribution in [0.25, 0.3) is 0 Å². The average molecular weight is 308 g/mol. The van der Waals surface area contributed by atoms with Crippen molar-refractivity contribution in [3.8, 4) is 6.07 Å². The molecule has 0 amide bonds. The fourth-order valence-electron chi connectivity index (χ4n) is 1.71. The number of halogens is 1. The first kappa shape index (κ1) is 15.0. The zero-order chi connectivity index (χ0) is 15.6. The molecule has 110 valence electrons. The maximum absolute atomic E-state index is 13.5. The van der Waals surface area contributed by atoms with E-state index in [9.17, 15) is 12.8 Å². The largest absolute Gasteiger partial charge is 0.280 e. The van der Waals surface area contributed by atoms with E-state index >= 15 is 0 Å². The van der Waals surface area contributed by atoms with Crippen LogP contribution in [0.5, 0.6) is 0 Å². The molecule has 0 aliphatic carbocycles. The Balaban J connectivity index is 2.39. The highest BCUT2D eigenvalue weighted by molar-refractivity contribution is 7.92. The van der Waals surface area contributed by atoms with E-state index in [1.165, 1.54) is 12.1 Å². The molecular weight excluding hydrogens is 295 g/mol. The van der Waals surface area contributed by atoms with E-state index in [-0.39, 0.29) is 11.7 Å². The topological polar surface area (TPSA) is 98.6 Å². The number of rotatable bonds is 4. The molecule has 0 saturated carbocycles. The third-order valence-corrected chi connectivity index (χ3v) is 4.23. The first-order valence-corrected chi connectivity index (χ1v) is 7.60. The van der Waals surface area contributed by atoms with Gasteiger partial charge in [0.15, 0.2) is 5.82 Å². The van der Waals surface area contributed by atoms with Gasteiger partial charge in [0, 0.05) is 11.8 Å². The lowest BCUT2D eigenvalue weighted by Crippen LogP contribution is -2.15. The van der Waals surface area contributed by atoms with Crippen molar-refractivity contribution < 1.29 is 12.8 Å². The summed E-state index contributed by atoms with van der Waals surface area (Å²) in [7, 11) is -4.09. The Morgan fingerprint density at radius 3 is 2.71 bits per heavy atom. The molecule has 1 heterocycles. The van der Waals surface area contributed by atoms with Gasteiger partial charge in [0.25, 0.3) is 10.0 Å². The summed E-state index contributed by atoms with van der Waals surface area (Å²) >= 11 is 0. The number of nitrogens with one attached hydrogen (secondary N) is 2. The van der Waals surface area contributed by atoms with Crippen LogP contribution in [0.3, 0.4) is 0 Å². The molecule has 0 radical (unpaired) electrons. The number of nitrogens with zero attached hydrogens (tertiary/aromatic N) is 2. The van der Waals surface area contributed by atoms with Crippen LogP contribution in [-0.2, 0) is 10.0 Å². The van der Waals surface area contributed by atoms with Crippen LogP contribution in [0.1, 0.15) is 31.0 Å². The molecule has 0 fully saturated rings. The second kappa shape index (κ2) is 5.54. The molecule has 0 unspecified atom stereocenters. The lowest BCUT2D eigenvalue weighted by Gasteiger charge is -2.07. The Hall–Kier alpha value is -2.40. The van der Waals surface area contributed by atoms with Crippen LogP contribution in [0.2, 0.25) is 0 Å². The second-order valence-electron chi connectivity index (χ2n) is 4.69. The highest BCUT2D eigenvalue weighted by Crippen LogP contribution is 2.22. The van der Waals surface area contributed by atoms with Crippen LogP contribution in [0.15, 0.2) is 29.2 Å². The van der Waals surface area contributed by atoms with Crippen molar-refractivity contribution in [1.82, 2.24) is 10.2 Å². The Morgan fingerprint density at radius 1 is 1.43 bits per heavy atom. The zero-order valence-corrected chi connectivity index (χ0v) is 12.2. The van der Waals surface area contributed by atoms with E-state index in [1.54, 1.807) is 12.1 Å². The minimum atomic E-state index is -4.09. The van der Waals surface area contributed by atoms with E-state index < -0.39 is 26.3 Å². The molecule has 0 aliphatic rings. The first-order valence-electron chi connectivity index (χ1n) is 6.12. The van der Waals surface area contributed by atoms with Crippen molar-refractivity contribution in [2.24, 2.45) is 0 Å². The minimum absolute atomic E-state index is 0.0897. The quantitative estimate of drug-likeness (QED) is 0.905. The maximum Gasteiger partial charge on any atom is 0.264 e. The number of benzene rings is 1. The lowest BCUT2D eigenvalue weighted by molar-refractivity contribution is 0.593. The van der Waals surface area contributed by atoms with Gasteiger partial charge in [0.2, 0.25) is 0 Å². The number of H-pyrrole nitrogens is 1. The molecule has 1 aromatic heterocycles. The Morgan fingerprint density at radius 2 is 2.14 bits per heavy atom. The Kier molecular flexibility index (Phi) is 3.95. The zero-order valence-electron chi connectivity index (χ0n) is 11.4. The monoisotopic (exact) mass is 308 g/mol. The van der Waals surface area contributed by atoms with Crippen molar-refractivity contribution in [2.45, 2.75) is 24.7 Å². The summed E-state index contributed by atoms with van der Waals surface area (Å²) in [5.74, 6) is -0.642. The molecular formula is C13H13FN4O2S. The summed E-state index contributed by atoms with van der Waals surface area (Å²) in [5.41, 5.74) is 0.233. The van der Waals surface area contributed by atoms with Crippen LogP contribution < -0.4 is 4.72 Å². The van der Waals surface area contributed by atoms with Gasteiger partial charge in [-0.25, -0.2) is 12.8 Å². The van der Waals surface area contributed by atoms with Gasteiger partial charge in [0.05, 0.1) is 0 Å².